The molecule has 0 aromatic carbocycles. The standard InChI is InChI=1S/C13H20N4O2S/c1-4-5-14-8(2)10-6-15-13(20-10)17-7-11(18)16-12(19)9(17)3/h6,8-9,14H,4-5,7H2,1-3H3,(H,16,18,19). The fourth-order valence-electron chi connectivity index (χ4n) is 2.02. The first-order valence-electron chi connectivity index (χ1n) is 6.82. The Morgan fingerprint density at radius 2 is 2.35 bits per heavy atom. The van der Waals surface area contributed by atoms with Crippen LogP contribution in [0.3, 0.4) is 0 Å². The van der Waals surface area contributed by atoms with Crippen molar-refractivity contribution in [1.82, 2.24) is 15.6 Å². The van der Waals surface area contributed by atoms with Gasteiger partial charge in [-0.05, 0) is 26.8 Å². The normalized spacial score (nSPS) is 20.9. The summed E-state index contributed by atoms with van der Waals surface area (Å²) in [4.78, 5) is 30.4. The first-order chi connectivity index (χ1) is 9.52. The summed E-state index contributed by atoms with van der Waals surface area (Å²) in [6.45, 7) is 7.12. The Bertz CT molecular complexity index is 502. The van der Waals surface area contributed by atoms with E-state index in [2.05, 4.69) is 29.5 Å². The average Bonchev–Trinajstić information content (AvgIpc) is 2.89. The van der Waals surface area contributed by atoms with Crippen molar-refractivity contribution in [3.8, 4) is 0 Å². The third-order valence-electron chi connectivity index (χ3n) is 3.31. The molecule has 1 saturated heterocycles. The number of hydrogen-bond acceptors (Lipinski definition) is 6. The summed E-state index contributed by atoms with van der Waals surface area (Å²) in [5, 5.41) is 6.45. The highest BCUT2D eigenvalue weighted by Gasteiger charge is 2.32. The van der Waals surface area contributed by atoms with Gasteiger partial charge >= 0.3 is 0 Å². The van der Waals surface area contributed by atoms with Crippen molar-refractivity contribution in [2.45, 2.75) is 39.3 Å². The molecule has 1 aromatic heterocycles. The number of aromatic nitrogens is 1. The molecule has 2 atom stereocenters. The molecular weight excluding hydrogens is 276 g/mol. The number of hydrogen-bond donors (Lipinski definition) is 2. The number of anilines is 1. The minimum Gasteiger partial charge on any atom is -0.327 e. The molecule has 110 valence electrons. The van der Waals surface area contributed by atoms with Crippen molar-refractivity contribution in [3.63, 3.8) is 0 Å². The Balaban J connectivity index is 2.11. The second-order valence-electron chi connectivity index (χ2n) is 4.94. The van der Waals surface area contributed by atoms with Gasteiger partial charge in [-0.2, -0.15) is 0 Å². The van der Waals surface area contributed by atoms with Gasteiger partial charge in [-0.3, -0.25) is 14.9 Å². The molecule has 2 unspecified atom stereocenters. The van der Waals surface area contributed by atoms with Crippen molar-refractivity contribution >= 4 is 28.3 Å². The van der Waals surface area contributed by atoms with E-state index in [1.165, 1.54) is 11.3 Å². The molecule has 1 aliphatic heterocycles. The lowest BCUT2D eigenvalue weighted by atomic mass is 10.2. The first kappa shape index (κ1) is 14.9. The van der Waals surface area contributed by atoms with Crippen LogP contribution < -0.4 is 15.5 Å². The lowest BCUT2D eigenvalue weighted by molar-refractivity contribution is -0.132. The zero-order valence-electron chi connectivity index (χ0n) is 12.0. The van der Waals surface area contributed by atoms with E-state index < -0.39 is 0 Å². The molecule has 1 aliphatic rings. The van der Waals surface area contributed by atoms with Gasteiger partial charge in [-0.25, -0.2) is 4.98 Å². The molecule has 20 heavy (non-hydrogen) atoms. The quantitative estimate of drug-likeness (QED) is 0.795. The van der Waals surface area contributed by atoms with Crippen molar-refractivity contribution in [3.05, 3.63) is 11.1 Å². The molecule has 2 N–H and O–H groups in total. The number of piperazine rings is 1. The fraction of sp³-hybridized carbons (Fsp3) is 0.615. The molecule has 0 spiro atoms. The highest BCUT2D eigenvalue weighted by atomic mass is 32.1. The van der Waals surface area contributed by atoms with Gasteiger partial charge in [0.15, 0.2) is 5.13 Å². The van der Waals surface area contributed by atoms with Crippen LogP contribution in [0.2, 0.25) is 0 Å². The van der Waals surface area contributed by atoms with Crippen molar-refractivity contribution in [2.24, 2.45) is 0 Å². The minimum absolute atomic E-state index is 0.177. The van der Waals surface area contributed by atoms with Gasteiger partial charge in [0.05, 0.1) is 0 Å². The number of imide groups is 1. The Labute approximate surface area is 122 Å². The Morgan fingerprint density at radius 1 is 1.60 bits per heavy atom. The van der Waals surface area contributed by atoms with Crippen LogP contribution in [0.1, 0.15) is 38.1 Å². The second-order valence-corrected chi connectivity index (χ2v) is 5.98. The van der Waals surface area contributed by atoms with Gasteiger partial charge in [0.25, 0.3) is 0 Å². The lowest BCUT2D eigenvalue weighted by Crippen LogP contribution is -2.57. The third-order valence-corrected chi connectivity index (χ3v) is 4.53. The van der Waals surface area contributed by atoms with E-state index in [0.29, 0.717) is 0 Å². The van der Waals surface area contributed by atoms with Crippen LogP contribution in [-0.4, -0.2) is 35.9 Å². The van der Waals surface area contributed by atoms with Crippen LogP contribution in [0.25, 0.3) is 0 Å². The Morgan fingerprint density at radius 3 is 3.05 bits per heavy atom. The van der Waals surface area contributed by atoms with Gasteiger partial charge in [0.2, 0.25) is 11.8 Å². The number of nitrogens with zero attached hydrogens (tertiary/aromatic N) is 2. The SMILES string of the molecule is CCCNC(C)c1cnc(N2CC(=O)NC(=O)C2C)s1. The average molecular weight is 296 g/mol. The van der Waals surface area contributed by atoms with Gasteiger partial charge in [-0.15, -0.1) is 11.3 Å². The fourth-order valence-corrected chi connectivity index (χ4v) is 3.04. The topological polar surface area (TPSA) is 74.3 Å². The summed E-state index contributed by atoms with van der Waals surface area (Å²) < 4.78 is 0. The molecule has 0 saturated carbocycles. The summed E-state index contributed by atoms with van der Waals surface area (Å²) in [5.41, 5.74) is 0. The molecule has 0 radical (unpaired) electrons. The summed E-state index contributed by atoms with van der Waals surface area (Å²) in [7, 11) is 0. The summed E-state index contributed by atoms with van der Waals surface area (Å²) in [6, 6.07) is -0.142. The maximum Gasteiger partial charge on any atom is 0.249 e. The van der Waals surface area contributed by atoms with Gasteiger partial charge in [-0.1, -0.05) is 6.92 Å². The second kappa shape index (κ2) is 6.32. The minimum atomic E-state index is -0.370. The molecule has 0 aliphatic carbocycles. The molecule has 1 aromatic rings. The molecule has 7 heteroatoms. The summed E-state index contributed by atoms with van der Waals surface area (Å²) >= 11 is 1.53. The van der Waals surface area contributed by atoms with E-state index in [9.17, 15) is 9.59 Å². The molecule has 0 bridgehead atoms. The smallest absolute Gasteiger partial charge is 0.249 e. The van der Waals surface area contributed by atoms with Crippen molar-refractivity contribution in [1.29, 1.82) is 0 Å². The monoisotopic (exact) mass is 296 g/mol. The number of carbonyl (C=O) groups is 2. The predicted molar refractivity (Wildman–Crippen MR) is 78.8 cm³/mol. The van der Waals surface area contributed by atoms with Crippen molar-refractivity contribution in [2.75, 3.05) is 18.0 Å². The molecule has 6 nitrogen and oxygen atoms in total. The van der Waals surface area contributed by atoms with E-state index in [1.807, 2.05) is 6.20 Å². The van der Waals surface area contributed by atoms with E-state index >= 15 is 0 Å². The van der Waals surface area contributed by atoms with E-state index in [0.717, 1.165) is 23.0 Å². The van der Waals surface area contributed by atoms with Gasteiger partial charge in [0, 0.05) is 17.1 Å². The maximum absolute atomic E-state index is 11.7. The van der Waals surface area contributed by atoms with Crippen LogP contribution in [0.5, 0.6) is 0 Å². The van der Waals surface area contributed by atoms with Crippen LogP contribution in [0.4, 0.5) is 5.13 Å². The highest BCUT2D eigenvalue weighted by molar-refractivity contribution is 7.15. The van der Waals surface area contributed by atoms with Crippen LogP contribution in [0, 0.1) is 0 Å². The number of rotatable bonds is 5. The number of nitrogens with one attached hydrogen (secondary N) is 2. The number of thiazole rings is 1. The summed E-state index contributed by atoms with van der Waals surface area (Å²) in [5.74, 6) is -0.544. The largest absolute Gasteiger partial charge is 0.327 e. The Hall–Kier alpha value is -1.47. The molecular formula is C13H20N4O2S. The lowest BCUT2D eigenvalue weighted by Gasteiger charge is -2.31. The molecule has 1 fully saturated rings. The number of amides is 2. The van der Waals surface area contributed by atoms with Crippen LogP contribution in [0.15, 0.2) is 6.20 Å². The van der Waals surface area contributed by atoms with Gasteiger partial charge in [0.1, 0.15) is 12.6 Å². The highest BCUT2D eigenvalue weighted by Crippen LogP contribution is 2.29. The molecule has 2 rings (SSSR count). The van der Waals surface area contributed by atoms with Crippen LogP contribution in [-0.2, 0) is 9.59 Å². The van der Waals surface area contributed by atoms with E-state index in [4.69, 9.17) is 0 Å². The van der Waals surface area contributed by atoms with Crippen molar-refractivity contribution < 1.29 is 9.59 Å². The predicted octanol–water partition coefficient (Wildman–Crippen LogP) is 1.05. The zero-order chi connectivity index (χ0) is 14.7. The molecule has 2 amide bonds. The summed E-state index contributed by atoms with van der Waals surface area (Å²) in [6.07, 6.45) is 2.89. The molecule has 2 heterocycles. The number of carbonyl (C=O) groups excluding carboxylic acids is 2. The zero-order valence-corrected chi connectivity index (χ0v) is 12.8. The first-order valence-corrected chi connectivity index (χ1v) is 7.64. The third kappa shape index (κ3) is 3.16. The van der Waals surface area contributed by atoms with Gasteiger partial charge < -0.3 is 10.2 Å². The Kier molecular flexibility index (Phi) is 4.72. The van der Waals surface area contributed by atoms with Crippen LogP contribution >= 0.6 is 11.3 Å². The maximum atomic E-state index is 11.7. The van der Waals surface area contributed by atoms with E-state index in [-0.39, 0.29) is 30.4 Å². The van der Waals surface area contributed by atoms with E-state index in [1.54, 1.807) is 11.8 Å².